The fraction of sp³-hybridized carbons (Fsp3) is 0.938. The third-order valence-electron chi connectivity index (χ3n) is 4.24. The number of nitrogens with one attached hydrogen (secondary N) is 2. The molecular formula is C16H33N3O. The van der Waals surface area contributed by atoms with E-state index >= 15 is 0 Å². The Hall–Kier alpha value is -0.770. The molecule has 0 aliphatic heterocycles. The molecule has 0 bridgehead atoms. The maximum Gasteiger partial charge on any atom is 0.191 e. The van der Waals surface area contributed by atoms with Gasteiger partial charge in [-0.1, -0.05) is 26.2 Å². The van der Waals surface area contributed by atoms with Crippen LogP contribution in [0.4, 0.5) is 0 Å². The topological polar surface area (TPSA) is 45.7 Å². The van der Waals surface area contributed by atoms with Crippen LogP contribution in [-0.2, 0) is 4.74 Å². The molecule has 0 aromatic carbocycles. The number of methoxy groups -OCH3 is 1. The zero-order valence-corrected chi connectivity index (χ0v) is 13.6. The smallest absolute Gasteiger partial charge is 0.191 e. The number of guanidine groups is 1. The number of nitrogens with zero attached hydrogens (tertiary/aromatic N) is 1. The highest BCUT2D eigenvalue weighted by Crippen LogP contribution is 2.44. The molecule has 1 rings (SSSR count). The third-order valence-corrected chi connectivity index (χ3v) is 4.24. The van der Waals surface area contributed by atoms with Crippen molar-refractivity contribution < 1.29 is 4.74 Å². The van der Waals surface area contributed by atoms with E-state index in [1.807, 2.05) is 0 Å². The number of hydrogen-bond donors (Lipinski definition) is 2. The maximum atomic E-state index is 5.24. The van der Waals surface area contributed by atoms with Crippen LogP contribution < -0.4 is 10.6 Å². The molecule has 1 fully saturated rings. The summed E-state index contributed by atoms with van der Waals surface area (Å²) in [5.41, 5.74) is 0.405. The monoisotopic (exact) mass is 283 g/mol. The van der Waals surface area contributed by atoms with Crippen LogP contribution in [0, 0.1) is 5.41 Å². The highest BCUT2D eigenvalue weighted by molar-refractivity contribution is 5.79. The quantitative estimate of drug-likeness (QED) is 0.368. The molecule has 0 atom stereocenters. The van der Waals surface area contributed by atoms with Crippen LogP contribution in [0.15, 0.2) is 4.99 Å². The lowest BCUT2D eigenvalue weighted by Crippen LogP contribution is -2.40. The van der Waals surface area contributed by atoms with Crippen LogP contribution in [0.1, 0.15) is 58.8 Å². The van der Waals surface area contributed by atoms with Gasteiger partial charge in [-0.3, -0.25) is 4.99 Å². The molecule has 0 heterocycles. The van der Waals surface area contributed by atoms with Crippen LogP contribution in [-0.4, -0.2) is 39.3 Å². The molecular weight excluding hydrogens is 250 g/mol. The lowest BCUT2D eigenvalue weighted by molar-refractivity contribution is 0.0778. The number of ether oxygens (including phenoxy) is 1. The predicted molar refractivity (Wildman–Crippen MR) is 86.3 cm³/mol. The van der Waals surface area contributed by atoms with Gasteiger partial charge in [0.2, 0.25) is 0 Å². The predicted octanol–water partition coefficient (Wildman–Crippen LogP) is 2.94. The summed E-state index contributed by atoms with van der Waals surface area (Å²) >= 11 is 0. The molecule has 4 nitrogen and oxygen atoms in total. The fourth-order valence-electron chi connectivity index (χ4n) is 2.65. The van der Waals surface area contributed by atoms with Gasteiger partial charge in [-0.25, -0.2) is 0 Å². The molecule has 1 aliphatic carbocycles. The molecule has 0 unspecified atom stereocenters. The summed E-state index contributed by atoms with van der Waals surface area (Å²) in [4.78, 5) is 4.80. The van der Waals surface area contributed by atoms with Gasteiger partial charge in [0, 0.05) is 33.4 Å². The van der Waals surface area contributed by atoms with Crippen LogP contribution in [0.5, 0.6) is 0 Å². The van der Waals surface area contributed by atoms with Crippen molar-refractivity contribution in [1.82, 2.24) is 10.6 Å². The first-order valence-electron chi connectivity index (χ1n) is 8.27. The lowest BCUT2D eigenvalue weighted by atomic mass is 9.67. The van der Waals surface area contributed by atoms with Gasteiger partial charge < -0.3 is 15.4 Å². The van der Waals surface area contributed by atoms with Gasteiger partial charge in [0.05, 0.1) is 0 Å². The van der Waals surface area contributed by atoms with Crippen molar-refractivity contribution in [1.29, 1.82) is 0 Å². The first kappa shape index (κ1) is 17.3. The van der Waals surface area contributed by atoms with Gasteiger partial charge >= 0.3 is 0 Å². The third kappa shape index (κ3) is 6.12. The molecule has 0 radical (unpaired) electrons. The second-order valence-corrected chi connectivity index (χ2v) is 5.93. The van der Waals surface area contributed by atoms with Crippen molar-refractivity contribution in [2.75, 3.05) is 33.4 Å². The van der Waals surface area contributed by atoms with Crippen LogP contribution >= 0.6 is 0 Å². The Bertz CT molecular complexity index is 275. The van der Waals surface area contributed by atoms with Gasteiger partial charge in [0.25, 0.3) is 0 Å². The highest BCUT2D eigenvalue weighted by Gasteiger charge is 2.36. The summed E-state index contributed by atoms with van der Waals surface area (Å²) in [5, 5.41) is 6.78. The minimum atomic E-state index is 0.405. The van der Waals surface area contributed by atoms with Crippen molar-refractivity contribution in [3.8, 4) is 0 Å². The zero-order valence-electron chi connectivity index (χ0n) is 13.6. The standard InChI is InChI=1S/C16H33N3O/c1-4-6-7-12-18-15(17-5-2)19-14-16(9-8-10-16)11-13-20-3/h4-14H2,1-3H3,(H2,17,18,19). The largest absolute Gasteiger partial charge is 0.385 e. The van der Waals surface area contributed by atoms with E-state index in [1.165, 1.54) is 38.5 Å². The summed E-state index contributed by atoms with van der Waals surface area (Å²) in [6.07, 6.45) is 8.85. The maximum absolute atomic E-state index is 5.24. The van der Waals surface area contributed by atoms with Crippen LogP contribution in [0.2, 0.25) is 0 Å². The van der Waals surface area contributed by atoms with E-state index in [0.29, 0.717) is 5.41 Å². The Morgan fingerprint density at radius 3 is 2.55 bits per heavy atom. The fourth-order valence-corrected chi connectivity index (χ4v) is 2.65. The summed E-state index contributed by atoms with van der Waals surface area (Å²) in [7, 11) is 1.79. The Morgan fingerprint density at radius 2 is 2.00 bits per heavy atom. The van der Waals surface area contributed by atoms with Gasteiger partial charge in [-0.2, -0.15) is 0 Å². The molecule has 0 aromatic rings. The van der Waals surface area contributed by atoms with Gasteiger partial charge in [-0.15, -0.1) is 0 Å². The molecule has 118 valence electrons. The summed E-state index contributed by atoms with van der Waals surface area (Å²) in [6.45, 7) is 8.08. The van der Waals surface area contributed by atoms with Crippen molar-refractivity contribution in [3.63, 3.8) is 0 Å². The van der Waals surface area contributed by atoms with E-state index in [-0.39, 0.29) is 0 Å². The summed E-state index contributed by atoms with van der Waals surface area (Å²) in [5.74, 6) is 0.979. The lowest BCUT2D eigenvalue weighted by Gasteiger charge is -2.40. The van der Waals surface area contributed by atoms with E-state index in [0.717, 1.165) is 38.6 Å². The Morgan fingerprint density at radius 1 is 1.20 bits per heavy atom. The average molecular weight is 283 g/mol. The summed E-state index contributed by atoms with van der Waals surface area (Å²) < 4.78 is 5.24. The second kappa shape index (κ2) is 10.0. The van der Waals surface area contributed by atoms with E-state index < -0.39 is 0 Å². The summed E-state index contributed by atoms with van der Waals surface area (Å²) in [6, 6.07) is 0. The Kier molecular flexibility index (Phi) is 8.67. The van der Waals surface area contributed by atoms with E-state index in [9.17, 15) is 0 Å². The number of rotatable bonds is 10. The molecule has 0 amide bonds. The van der Waals surface area contributed by atoms with Crippen molar-refractivity contribution in [2.24, 2.45) is 10.4 Å². The van der Waals surface area contributed by atoms with E-state index in [1.54, 1.807) is 7.11 Å². The second-order valence-electron chi connectivity index (χ2n) is 5.93. The van der Waals surface area contributed by atoms with Crippen molar-refractivity contribution in [3.05, 3.63) is 0 Å². The molecule has 4 heteroatoms. The van der Waals surface area contributed by atoms with E-state index in [2.05, 4.69) is 24.5 Å². The normalized spacial score (nSPS) is 17.6. The molecule has 1 saturated carbocycles. The van der Waals surface area contributed by atoms with Crippen LogP contribution in [0.3, 0.4) is 0 Å². The van der Waals surface area contributed by atoms with Crippen LogP contribution in [0.25, 0.3) is 0 Å². The molecule has 0 aromatic heterocycles. The Balaban J connectivity index is 2.39. The van der Waals surface area contributed by atoms with E-state index in [4.69, 9.17) is 9.73 Å². The molecule has 0 saturated heterocycles. The minimum absolute atomic E-state index is 0.405. The SMILES string of the molecule is CCCCCNC(=NCC1(CCOC)CCC1)NCC. The zero-order chi connectivity index (χ0) is 14.7. The van der Waals surface area contributed by atoms with Gasteiger partial charge in [0.15, 0.2) is 5.96 Å². The highest BCUT2D eigenvalue weighted by atomic mass is 16.5. The number of unbranched alkanes of at least 4 members (excludes halogenated alkanes) is 2. The first-order chi connectivity index (χ1) is 9.76. The van der Waals surface area contributed by atoms with Crippen molar-refractivity contribution in [2.45, 2.75) is 58.8 Å². The minimum Gasteiger partial charge on any atom is -0.385 e. The molecule has 2 N–H and O–H groups in total. The first-order valence-corrected chi connectivity index (χ1v) is 8.27. The van der Waals surface area contributed by atoms with Gasteiger partial charge in [-0.05, 0) is 38.0 Å². The van der Waals surface area contributed by atoms with Gasteiger partial charge in [0.1, 0.15) is 0 Å². The Labute approximate surface area is 124 Å². The molecule has 1 aliphatic rings. The number of aliphatic imine (C=N–C) groups is 1. The number of hydrogen-bond acceptors (Lipinski definition) is 2. The molecule has 0 spiro atoms. The molecule has 20 heavy (non-hydrogen) atoms. The average Bonchev–Trinajstić information content (AvgIpc) is 2.41. The van der Waals surface area contributed by atoms with Crippen molar-refractivity contribution >= 4 is 5.96 Å².